The van der Waals surface area contributed by atoms with Crippen LogP contribution >= 0.6 is 0 Å². The van der Waals surface area contributed by atoms with E-state index in [1.165, 1.54) is 0 Å². The molecule has 116 valence electrons. The Bertz CT molecular complexity index is 485. The average molecular weight is 293 g/mol. The molecular formula is C16H23NO4. The predicted octanol–water partition coefficient (Wildman–Crippen LogP) is 2.19. The number of hydrogen-bond donors (Lipinski definition) is 1. The van der Waals surface area contributed by atoms with E-state index in [1.807, 2.05) is 18.2 Å². The van der Waals surface area contributed by atoms with Crippen LogP contribution in [0.5, 0.6) is 11.5 Å². The molecule has 0 aliphatic carbocycles. The third kappa shape index (κ3) is 4.11. The molecule has 0 bridgehead atoms. The van der Waals surface area contributed by atoms with Crippen LogP contribution in [0.1, 0.15) is 25.8 Å². The maximum atomic E-state index is 11.1. The van der Waals surface area contributed by atoms with E-state index in [4.69, 9.17) is 14.6 Å². The van der Waals surface area contributed by atoms with E-state index >= 15 is 0 Å². The van der Waals surface area contributed by atoms with Crippen LogP contribution in [0.3, 0.4) is 0 Å². The van der Waals surface area contributed by atoms with Gasteiger partial charge in [-0.15, -0.1) is 0 Å². The maximum absolute atomic E-state index is 11.1. The zero-order chi connectivity index (χ0) is 15.2. The highest BCUT2D eigenvalue weighted by Crippen LogP contribution is 2.31. The number of aliphatic carboxylic acids is 1. The minimum atomic E-state index is -0.760. The summed E-state index contributed by atoms with van der Waals surface area (Å²) in [6.07, 6.45) is 0.848. The van der Waals surface area contributed by atoms with Crippen molar-refractivity contribution >= 4 is 5.97 Å². The number of fused-ring (bicyclic) bond motifs is 1. The average Bonchev–Trinajstić information content (AvgIpc) is 2.47. The first-order valence-electron chi connectivity index (χ1n) is 7.48. The van der Waals surface area contributed by atoms with Gasteiger partial charge in [0, 0.05) is 6.04 Å². The van der Waals surface area contributed by atoms with Crippen molar-refractivity contribution in [2.24, 2.45) is 0 Å². The summed E-state index contributed by atoms with van der Waals surface area (Å²) in [6, 6.07) is 5.86. The normalized spacial score (nSPS) is 15.0. The molecule has 5 heteroatoms. The quantitative estimate of drug-likeness (QED) is 0.835. The van der Waals surface area contributed by atoms with E-state index in [0.29, 0.717) is 19.6 Å². The second-order valence-electron chi connectivity index (χ2n) is 5.16. The van der Waals surface area contributed by atoms with Gasteiger partial charge in [-0.25, -0.2) is 0 Å². The van der Waals surface area contributed by atoms with Crippen LogP contribution in [0, 0.1) is 0 Å². The van der Waals surface area contributed by atoms with E-state index in [2.05, 4.69) is 18.7 Å². The molecule has 1 aromatic carbocycles. The highest BCUT2D eigenvalue weighted by atomic mass is 16.6. The molecule has 0 saturated carbocycles. The number of likely N-dealkylation sites (N-methyl/N-ethyl adjacent to an activating group) is 1. The van der Waals surface area contributed by atoms with Crippen molar-refractivity contribution in [1.29, 1.82) is 0 Å². The number of benzene rings is 1. The molecule has 1 aromatic rings. The lowest BCUT2D eigenvalue weighted by Crippen LogP contribution is -2.38. The molecule has 0 saturated heterocycles. The van der Waals surface area contributed by atoms with Gasteiger partial charge in [0.1, 0.15) is 13.2 Å². The molecule has 0 aromatic heterocycles. The van der Waals surface area contributed by atoms with Gasteiger partial charge in [0.2, 0.25) is 0 Å². The lowest BCUT2D eigenvalue weighted by atomic mass is 10.0. The minimum absolute atomic E-state index is 0.0000546. The summed E-state index contributed by atoms with van der Waals surface area (Å²) in [5.74, 6) is 0.763. The summed E-state index contributed by atoms with van der Waals surface area (Å²) in [4.78, 5) is 13.3. The van der Waals surface area contributed by atoms with Crippen LogP contribution in [0.2, 0.25) is 0 Å². The van der Waals surface area contributed by atoms with E-state index in [0.717, 1.165) is 30.2 Å². The standard InChI is InChI=1S/C16H23NO4/c1-3-17(4-2)13(11-16(18)19)9-12-5-6-14-15(10-12)21-8-7-20-14/h5-6,10,13H,3-4,7-9,11H2,1-2H3,(H,18,19). The maximum Gasteiger partial charge on any atom is 0.304 e. The molecule has 1 heterocycles. The molecule has 1 N–H and O–H groups in total. The molecule has 1 aliphatic rings. The molecule has 1 unspecified atom stereocenters. The smallest absolute Gasteiger partial charge is 0.304 e. The van der Waals surface area contributed by atoms with Crippen LogP contribution in [0.25, 0.3) is 0 Å². The van der Waals surface area contributed by atoms with Gasteiger partial charge in [-0.3, -0.25) is 4.79 Å². The Morgan fingerprint density at radius 2 is 1.90 bits per heavy atom. The summed E-state index contributed by atoms with van der Waals surface area (Å²) in [5.41, 5.74) is 1.08. The molecule has 1 atom stereocenters. The van der Waals surface area contributed by atoms with Crippen molar-refractivity contribution in [2.75, 3.05) is 26.3 Å². The number of carbonyl (C=O) groups is 1. The van der Waals surface area contributed by atoms with Gasteiger partial charge in [-0.2, -0.15) is 0 Å². The van der Waals surface area contributed by atoms with Gasteiger partial charge in [0.15, 0.2) is 11.5 Å². The topological polar surface area (TPSA) is 59.0 Å². The second-order valence-corrected chi connectivity index (χ2v) is 5.16. The van der Waals surface area contributed by atoms with Crippen LogP contribution < -0.4 is 9.47 Å². The van der Waals surface area contributed by atoms with Gasteiger partial charge >= 0.3 is 5.97 Å². The van der Waals surface area contributed by atoms with Crippen molar-refractivity contribution in [3.63, 3.8) is 0 Å². The molecule has 0 spiro atoms. The summed E-state index contributed by atoms with van der Waals surface area (Å²) in [5, 5.41) is 9.12. The minimum Gasteiger partial charge on any atom is -0.486 e. The lowest BCUT2D eigenvalue weighted by molar-refractivity contribution is -0.138. The fourth-order valence-electron chi connectivity index (χ4n) is 2.76. The number of rotatable bonds is 7. The third-order valence-corrected chi connectivity index (χ3v) is 3.82. The molecule has 1 aliphatic heterocycles. The first kappa shape index (κ1) is 15.6. The van der Waals surface area contributed by atoms with Gasteiger partial charge in [0.25, 0.3) is 0 Å². The SMILES string of the molecule is CCN(CC)C(CC(=O)O)Cc1ccc2c(c1)OCCO2. The molecule has 0 radical (unpaired) electrons. The zero-order valence-corrected chi connectivity index (χ0v) is 12.7. The Morgan fingerprint density at radius 3 is 2.52 bits per heavy atom. The van der Waals surface area contributed by atoms with Crippen molar-refractivity contribution in [1.82, 2.24) is 4.90 Å². The highest BCUT2D eigenvalue weighted by Gasteiger charge is 2.21. The van der Waals surface area contributed by atoms with Crippen molar-refractivity contribution in [2.45, 2.75) is 32.7 Å². The van der Waals surface area contributed by atoms with Gasteiger partial charge < -0.3 is 19.5 Å². The van der Waals surface area contributed by atoms with E-state index < -0.39 is 5.97 Å². The van der Waals surface area contributed by atoms with Crippen molar-refractivity contribution in [3.05, 3.63) is 23.8 Å². The van der Waals surface area contributed by atoms with Crippen LogP contribution in [0.15, 0.2) is 18.2 Å². The van der Waals surface area contributed by atoms with Crippen LogP contribution in [0.4, 0.5) is 0 Å². The number of carboxylic acids is 1. The zero-order valence-electron chi connectivity index (χ0n) is 12.7. The number of ether oxygens (including phenoxy) is 2. The summed E-state index contributed by atoms with van der Waals surface area (Å²) >= 11 is 0. The second kappa shape index (κ2) is 7.31. The molecule has 2 rings (SSSR count). The Hall–Kier alpha value is -1.75. The van der Waals surface area contributed by atoms with Crippen molar-refractivity contribution in [3.8, 4) is 11.5 Å². The number of nitrogens with zero attached hydrogens (tertiary/aromatic N) is 1. The van der Waals surface area contributed by atoms with Crippen LogP contribution in [-0.4, -0.2) is 48.3 Å². The van der Waals surface area contributed by atoms with E-state index in [-0.39, 0.29) is 12.5 Å². The van der Waals surface area contributed by atoms with Gasteiger partial charge in [-0.1, -0.05) is 19.9 Å². The molecule has 5 nitrogen and oxygen atoms in total. The van der Waals surface area contributed by atoms with Gasteiger partial charge in [0.05, 0.1) is 6.42 Å². The lowest BCUT2D eigenvalue weighted by Gasteiger charge is -2.29. The number of hydrogen-bond acceptors (Lipinski definition) is 4. The summed E-state index contributed by atoms with van der Waals surface area (Å²) in [7, 11) is 0. The Morgan fingerprint density at radius 1 is 1.24 bits per heavy atom. The third-order valence-electron chi connectivity index (χ3n) is 3.82. The Kier molecular flexibility index (Phi) is 5.44. The Balaban J connectivity index is 2.13. The fraction of sp³-hybridized carbons (Fsp3) is 0.562. The first-order chi connectivity index (χ1) is 10.1. The molecule has 0 fully saturated rings. The predicted molar refractivity (Wildman–Crippen MR) is 80.1 cm³/mol. The van der Waals surface area contributed by atoms with Crippen LogP contribution in [-0.2, 0) is 11.2 Å². The summed E-state index contributed by atoms with van der Waals surface area (Å²) < 4.78 is 11.1. The highest BCUT2D eigenvalue weighted by molar-refractivity contribution is 5.67. The van der Waals surface area contributed by atoms with E-state index in [1.54, 1.807) is 0 Å². The monoisotopic (exact) mass is 293 g/mol. The molecule has 0 amide bonds. The Labute approximate surface area is 125 Å². The van der Waals surface area contributed by atoms with Gasteiger partial charge in [-0.05, 0) is 37.2 Å². The largest absolute Gasteiger partial charge is 0.486 e. The first-order valence-corrected chi connectivity index (χ1v) is 7.48. The summed E-state index contributed by atoms with van der Waals surface area (Å²) in [6.45, 7) is 6.95. The molecular weight excluding hydrogens is 270 g/mol. The fourth-order valence-corrected chi connectivity index (χ4v) is 2.76. The van der Waals surface area contributed by atoms with Crippen molar-refractivity contribution < 1.29 is 19.4 Å². The number of carboxylic acid groups (broad SMARTS) is 1. The van der Waals surface area contributed by atoms with E-state index in [9.17, 15) is 4.79 Å². The molecule has 21 heavy (non-hydrogen) atoms.